The van der Waals surface area contributed by atoms with Crippen LogP contribution in [0.2, 0.25) is 0 Å². The van der Waals surface area contributed by atoms with E-state index in [2.05, 4.69) is 10.6 Å². The molecule has 0 fully saturated rings. The lowest BCUT2D eigenvalue weighted by molar-refractivity contribution is -0.142. The van der Waals surface area contributed by atoms with E-state index in [1.807, 2.05) is 0 Å². The second kappa shape index (κ2) is 12.8. The Bertz CT molecular complexity index is 1020. The summed E-state index contributed by atoms with van der Waals surface area (Å²) in [7, 11) is -3.52. The summed E-state index contributed by atoms with van der Waals surface area (Å²) in [5.41, 5.74) is 0.147. The van der Waals surface area contributed by atoms with E-state index in [0.29, 0.717) is 6.42 Å². The zero-order chi connectivity index (χ0) is 26.1. The molecule has 0 spiro atoms. The maximum Gasteiger partial charge on any atom is 0.328 e. The largest absolute Gasteiger partial charge is 0.481 e. The first kappa shape index (κ1) is 28.8. The minimum absolute atomic E-state index is 0.0194. The highest BCUT2D eigenvalue weighted by Crippen LogP contribution is 2.19. The molecular formula is C22H31N3O8S. The second-order valence-electron chi connectivity index (χ2n) is 8.25. The van der Waals surface area contributed by atoms with E-state index >= 15 is 0 Å². The molecule has 0 saturated heterocycles. The number of amides is 4. The Hall–Kier alpha value is -3.28. The molecular weight excluding hydrogens is 466 g/mol. The number of carbonyl (C=O) groups excluding carboxylic acids is 4. The van der Waals surface area contributed by atoms with Gasteiger partial charge in [0.2, 0.25) is 11.8 Å². The third-order valence-corrected chi connectivity index (χ3v) is 5.79. The molecule has 2 unspecified atom stereocenters. The fourth-order valence-corrected chi connectivity index (χ4v) is 3.78. The molecule has 0 aromatic heterocycles. The number of rotatable bonds is 12. The van der Waals surface area contributed by atoms with Gasteiger partial charge in [-0.1, -0.05) is 26.8 Å². The summed E-state index contributed by atoms with van der Waals surface area (Å²) in [6.45, 7) is 5.24. The Balaban J connectivity index is 3.18. The fourth-order valence-electron chi connectivity index (χ4n) is 3.12. The quantitative estimate of drug-likeness (QED) is 0.290. The van der Waals surface area contributed by atoms with Crippen molar-refractivity contribution in [1.82, 2.24) is 10.2 Å². The lowest BCUT2D eigenvalue weighted by Gasteiger charge is -2.27. The van der Waals surface area contributed by atoms with Gasteiger partial charge in [0.15, 0.2) is 9.84 Å². The minimum Gasteiger partial charge on any atom is -0.481 e. The lowest BCUT2D eigenvalue weighted by atomic mass is 9.94. The SMILES string of the molecule is CCCN(C(=O)Nc1cccc(S(C)(=O)=O)c1)C(=O)C(CC(C)C)C(=O)NC(C=O)CC(=O)O. The van der Waals surface area contributed by atoms with Gasteiger partial charge < -0.3 is 20.5 Å². The molecule has 1 aromatic carbocycles. The molecule has 0 heterocycles. The predicted molar refractivity (Wildman–Crippen MR) is 124 cm³/mol. The van der Waals surface area contributed by atoms with Gasteiger partial charge in [0.1, 0.15) is 12.2 Å². The Morgan fingerprint density at radius 3 is 2.32 bits per heavy atom. The normalized spacial score (nSPS) is 13.0. The van der Waals surface area contributed by atoms with E-state index in [9.17, 15) is 32.4 Å². The molecule has 12 heteroatoms. The van der Waals surface area contributed by atoms with Crippen LogP contribution >= 0.6 is 0 Å². The Labute approximate surface area is 198 Å². The van der Waals surface area contributed by atoms with Crippen LogP contribution in [-0.2, 0) is 29.0 Å². The zero-order valence-electron chi connectivity index (χ0n) is 19.6. The van der Waals surface area contributed by atoms with Crippen LogP contribution in [-0.4, -0.2) is 67.4 Å². The number of nitrogens with one attached hydrogen (secondary N) is 2. The Morgan fingerprint density at radius 2 is 1.82 bits per heavy atom. The molecule has 0 radical (unpaired) electrons. The van der Waals surface area contributed by atoms with Crippen LogP contribution < -0.4 is 10.6 Å². The fraction of sp³-hybridized carbons (Fsp3) is 0.500. The van der Waals surface area contributed by atoms with E-state index in [0.717, 1.165) is 11.2 Å². The van der Waals surface area contributed by atoms with Gasteiger partial charge in [0.25, 0.3) is 0 Å². The molecule has 1 rings (SSSR count). The van der Waals surface area contributed by atoms with Crippen LogP contribution in [0, 0.1) is 11.8 Å². The number of benzene rings is 1. The number of sulfone groups is 1. The smallest absolute Gasteiger partial charge is 0.328 e. The third-order valence-electron chi connectivity index (χ3n) is 4.68. The number of hydrogen-bond donors (Lipinski definition) is 3. The van der Waals surface area contributed by atoms with E-state index in [1.54, 1.807) is 20.8 Å². The standard InChI is InChI=1S/C22H31N3O8S/c1-5-9-25(22(31)24-15-7-6-8-17(11-15)34(4,32)33)21(30)18(10-14(2)3)20(29)23-16(13-26)12-19(27)28/h6-8,11,13-14,16,18H,5,9-10,12H2,1-4H3,(H,23,29)(H,24,31)(H,27,28). The topological polar surface area (TPSA) is 167 Å². The summed E-state index contributed by atoms with van der Waals surface area (Å²) < 4.78 is 23.6. The molecule has 188 valence electrons. The van der Waals surface area contributed by atoms with Crippen molar-refractivity contribution < 1.29 is 37.5 Å². The number of aliphatic carboxylic acids is 1. The van der Waals surface area contributed by atoms with Gasteiger partial charge in [-0.05, 0) is 37.0 Å². The average molecular weight is 498 g/mol. The third kappa shape index (κ3) is 8.93. The summed E-state index contributed by atoms with van der Waals surface area (Å²) in [5, 5.41) is 13.6. The van der Waals surface area contributed by atoms with Crippen molar-refractivity contribution >= 4 is 45.6 Å². The molecule has 0 saturated carbocycles. The van der Waals surface area contributed by atoms with Crippen molar-refractivity contribution in [2.24, 2.45) is 11.8 Å². The van der Waals surface area contributed by atoms with Crippen molar-refractivity contribution in [2.45, 2.75) is 51.0 Å². The number of nitrogens with zero attached hydrogens (tertiary/aromatic N) is 1. The summed E-state index contributed by atoms with van der Waals surface area (Å²) in [6, 6.07) is 3.34. The number of imide groups is 1. The maximum atomic E-state index is 13.3. The molecule has 4 amide bonds. The first-order valence-corrected chi connectivity index (χ1v) is 12.6. The average Bonchev–Trinajstić information content (AvgIpc) is 2.73. The van der Waals surface area contributed by atoms with E-state index in [1.165, 1.54) is 24.3 Å². The molecule has 0 bridgehead atoms. The summed E-state index contributed by atoms with van der Waals surface area (Å²) in [4.78, 5) is 61.9. The first-order chi connectivity index (χ1) is 15.8. The second-order valence-corrected chi connectivity index (χ2v) is 10.3. The van der Waals surface area contributed by atoms with Crippen LogP contribution in [0.3, 0.4) is 0 Å². The summed E-state index contributed by atoms with van der Waals surface area (Å²) >= 11 is 0. The highest BCUT2D eigenvalue weighted by atomic mass is 32.2. The highest BCUT2D eigenvalue weighted by Gasteiger charge is 2.35. The molecule has 34 heavy (non-hydrogen) atoms. The molecule has 0 aliphatic carbocycles. The summed E-state index contributed by atoms with van der Waals surface area (Å²) in [5.74, 6) is -4.44. The molecule has 3 N–H and O–H groups in total. The monoisotopic (exact) mass is 497 g/mol. The van der Waals surface area contributed by atoms with Crippen molar-refractivity contribution in [2.75, 3.05) is 18.1 Å². The van der Waals surface area contributed by atoms with Crippen LogP contribution in [0.1, 0.15) is 40.0 Å². The van der Waals surface area contributed by atoms with Gasteiger partial charge in [-0.2, -0.15) is 0 Å². The van der Waals surface area contributed by atoms with Crippen molar-refractivity contribution in [1.29, 1.82) is 0 Å². The molecule has 2 atom stereocenters. The lowest BCUT2D eigenvalue weighted by Crippen LogP contribution is -2.50. The molecule has 0 aliphatic rings. The van der Waals surface area contributed by atoms with Crippen molar-refractivity contribution in [3.8, 4) is 0 Å². The first-order valence-electron chi connectivity index (χ1n) is 10.7. The number of aldehydes is 1. The van der Waals surface area contributed by atoms with E-state index < -0.39 is 52.0 Å². The van der Waals surface area contributed by atoms with E-state index in [-0.39, 0.29) is 35.8 Å². The van der Waals surface area contributed by atoms with Gasteiger partial charge >= 0.3 is 12.0 Å². The van der Waals surface area contributed by atoms with Crippen LogP contribution in [0.4, 0.5) is 10.5 Å². The van der Waals surface area contributed by atoms with E-state index in [4.69, 9.17) is 5.11 Å². The molecule has 1 aromatic rings. The number of carboxylic acid groups (broad SMARTS) is 1. The van der Waals surface area contributed by atoms with Gasteiger partial charge in [0, 0.05) is 18.5 Å². The summed E-state index contributed by atoms with van der Waals surface area (Å²) in [6.07, 6.45) is 1.09. The van der Waals surface area contributed by atoms with Gasteiger partial charge in [0.05, 0.1) is 17.4 Å². The maximum absolute atomic E-state index is 13.3. The van der Waals surface area contributed by atoms with Gasteiger partial charge in [-0.15, -0.1) is 0 Å². The Morgan fingerprint density at radius 1 is 1.18 bits per heavy atom. The highest BCUT2D eigenvalue weighted by molar-refractivity contribution is 7.90. The van der Waals surface area contributed by atoms with Crippen molar-refractivity contribution in [3.05, 3.63) is 24.3 Å². The number of anilines is 1. The van der Waals surface area contributed by atoms with Crippen LogP contribution in [0.15, 0.2) is 29.2 Å². The number of carbonyl (C=O) groups is 5. The van der Waals surface area contributed by atoms with Gasteiger partial charge in [-0.25, -0.2) is 13.2 Å². The number of hydrogen-bond acceptors (Lipinski definition) is 7. The molecule has 11 nitrogen and oxygen atoms in total. The minimum atomic E-state index is -3.52. The van der Waals surface area contributed by atoms with Crippen LogP contribution in [0.5, 0.6) is 0 Å². The Kier molecular flexibility index (Phi) is 10.8. The zero-order valence-corrected chi connectivity index (χ0v) is 20.4. The molecule has 0 aliphatic heterocycles. The van der Waals surface area contributed by atoms with Crippen LogP contribution in [0.25, 0.3) is 0 Å². The van der Waals surface area contributed by atoms with Gasteiger partial charge in [-0.3, -0.25) is 19.3 Å². The van der Waals surface area contributed by atoms with Crippen molar-refractivity contribution in [3.63, 3.8) is 0 Å². The number of carboxylic acids is 1. The number of urea groups is 1. The predicted octanol–water partition coefficient (Wildman–Crippen LogP) is 1.68.